The molecular weight excluding hydrogens is 248 g/mol. The van der Waals surface area contributed by atoms with Gasteiger partial charge < -0.3 is 9.52 Å². The van der Waals surface area contributed by atoms with Crippen molar-refractivity contribution in [3.8, 4) is 11.3 Å². The second kappa shape index (κ2) is 4.09. The van der Waals surface area contributed by atoms with Gasteiger partial charge in [0.1, 0.15) is 5.76 Å². The quantitative estimate of drug-likeness (QED) is 0.701. The molecule has 0 saturated heterocycles. The van der Waals surface area contributed by atoms with Crippen molar-refractivity contribution in [1.29, 1.82) is 0 Å². The molecule has 2 heterocycles. The highest BCUT2D eigenvalue weighted by Crippen LogP contribution is 2.26. The smallest absolute Gasteiger partial charge is 0.357 e. The summed E-state index contributed by atoms with van der Waals surface area (Å²) in [6, 6.07) is 8.36. The Morgan fingerprint density at radius 1 is 1.32 bits per heavy atom. The van der Waals surface area contributed by atoms with E-state index >= 15 is 0 Å². The highest BCUT2D eigenvalue weighted by molar-refractivity contribution is 6.02. The Morgan fingerprint density at radius 2 is 2.16 bits per heavy atom. The molecule has 94 valence electrons. The summed E-state index contributed by atoms with van der Waals surface area (Å²) in [5.74, 6) is -0.376. The molecule has 3 rings (SSSR count). The molecule has 0 spiro atoms. The maximum atomic E-state index is 11.0. The molecule has 0 fully saturated rings. The van der Waals surface area contributed by atoms with Crippen molar-refractivity contribution in [1.82, 2.24) is 10.2 Å². The number of aldehydes is 1. The number of carbonyl (C=O) groups is 2. The van der Waals surface area contributed by atoms with E-state index in [4.69, 9.17) is 9.52 Å². The van der Waals surface area contributed by atoms with Gasteiger partial charge in [0.05, 0.1) is 5.52 Å². The molecule has 6 heteroatoms. The fourth-order valence-corrected chi connectivity index (χ4v) is 1.90. The number of aromatic nitrogens is 2. The number of aromatic amines is 1. The van der Waals surface area contributed by atoms with E-state index < -0.39 is 5.97 Å². The van der Waals surface area contributed by atoms with E-state index in [9.17, 15) is 9.59 Å². The largest absolute Gasteiger partial charge is 0.476 e. The highest BCUT2D eigenvalue weighted by Gasteiger charge is 2.14. The van der Waals surface area contributed by atoms with Gasteiger partial charge in [-0.05, 0) is 30.3 Å². The number of carboxylic acid groups (broad SMARTS) is 1. The number of furan rings is 1. The third-order valence-corrected chi connectivity index (χ3v) is 2.79. The second-order valence-electron chi connectivity index (χ2n) is 3.96. The highest BCUT2D eigenvalue weighted by atomic mass is 16.4. The van der Waals surface area contributed by atoms with E-state index in [1.165, 1.54) is 0 Å². The van der Waals surface area contributed by atoms with Crippen molar-refractivity contribution in [2.24, 2.45) is 0 Å². The van der Waals surface area contributed by atoms with E-state index in [1.807, 2.05) is 0 Å². The molecule has 19 heavy (non-hydrogen) atoms. The van der Waals surface area contributed by atoms with Crippen LogP contribution < -0.4 is 0 Å². The lowest BCUT2D eigenvalue weighted by atomic mass is 10.1. The number of aromatic carboxylic acids is 1. The van der Waals surface area contributed by atoms with Crippen LogP contribution in [0, 0.1) is 0 Å². The van der Waals surface area contributed by atoms with Gasteiger partial charge in [0.25, 0.3) is 0 Å². The zero-order chi connectivity index (χ0) is 13.4. The lowest BCUT2D eigenvalue weighted by Crippen LogP contribution is -1.96. The topological polar surface area (TPSA) is 96.2 Å². The monoisotopic (exact) mass is 256 g/mol. The molecule has 0 saturated carbocycles. The first-order valence-corrected chi connectivity index (χ1v) is 5.46. The summed E-state index contributed by atoms with van der Waals surface area (Å²) >= 11 is 0. The van der Waals surface area contributed by atoms with E-state index in [1.54, 1.807) is 30.3 Å². The van der Waals surface area contributed by atoms with Crippen LogP contribution in [0.1, 0.15) is 21.0 Å². The first-order chi connectivity index (χ1) is 9.19. The van der Waals surface area contributed by atoms with Crippen LogP contribution in [0.25, 0.3) is 22.2 Å². The van der Waals surface area contributed by atoms with Crippen molar-refractivity contribution in [2.75, 3.05) is 0 Å². The van der Waals surface area contributed by atoms with Crippen LogP contribution in [0.4, 0.5) is 0 Å². The normalized spacial score (nSPS) is 10.7. The first kappa shape index (κ1) is 11.2. The number of benzene rings is 1. The molecule has 0 radical (unpaired) electrons. The number of hydrogen-bond donors (Lipinski definition) is 2. The van der Waals surface area contributed by atoms with Gasteiger partial charge in [0, 0.05) is 10.9 Å². The van der Waals surface area contributed by atoms with Crippen LogP contribution >= 0.6 is 0 Å². The van der Waals surface area contributed by atoms with E-state index in [2.05, 4.69) is 10.2 Å². The molecular formula is C13H8N2O4. The Hall–Kier alpha value is -2.89. The van der Waals surface area contributed by atoms with Gasteiger partial charge in [0.2, 0.25) is 0 Å². The zero-order valence-corrected chi connectivity index (χ0v) is 9.58. The van der Waals surface area contributed by atoms with Gasteiger partial charge in [-0.15, -0.1) is 0 Å². The first-order valence-electron chi connectivity index (χ1n) is 5.46. The number of nitrogens with zero attached hydrogens (tertiary/aromatic N) is 1. The molecule has 0 bridgehead atoms. The average Bonchev–Trinajstić information content (AvgIpc) is 3.04. The van der Waals surface area contributed by atoms with Gasteiger partial charge >= 0.3 is 5.97 Å². The fourth-order valence-electron chi connectivity index (χ4n) is 1.90. The van der Waals surface area contributed by atoms with Crippen LogP contribution in [-0.2, 0) is 0 Å². The zero-order valence-electron chi connectivity index (χ0n) is 9.58. The second-order valence-corrected chi connectivity index (χ2v) is 3.96. The summed E-state index contributed by atoms with van der Waals surface area (Å²) in [6.45, 7) is 0. The summed E-state index contributed by atoms with van der Waals surface area (Å²) in [5.41, 5.74) is 1.27. The number of hydrogen-bond acceptors (Lipinski definition) is 4. The lowest BCUT2D eigenvalue weighted by molar-refractivity contribution is 0.0692. The number of rotatable bonds is 3. The van der Waals surface area contributed by atoms with Crippen molar-refractivity contribution in [3.05, 3.63) is 41.8 Å². The summed E-state index contributed by atoms with van der Waals surface area (Å²) in [5, 5.41) is 15.9. The van der Waals surface area contributed by atoms with Gasteiger partial charge in [-0.25, -0.2) is 4.79 Å². The minimum Gasteiger partial charge on any atom is -0.476 e. The Kier molecular flexibility index (Phi) is 2.42. The van der Waals surface area contributed by atoms with Crippen molar-refractivity contribution < 1.29 is 19.1 Å². The minimum absolute atomic E-state index is 0.0426. The number of nitrogens with one attached hydrogen (secondary N) is 1. The molecule has 0 aliphatic heterocycles. The Bertz CT molecular complexity index is 785. The third-order valence-electron chi connectivity index (χ3n) is 2.79. The minimum atomic E-state index is -1.10. The summed E-state index contributed by atoms with van der Waals surface area (Å²) in [7, 11) is 0. The lowest BCUT2D eigenvalue weighted by Gasteiger charge is -1.97. The predicted octanol–water partition coefficient (Wildman–Crippen LogP) is 2.33. The Balaban J connectivity index is 2.17. The van der Waals surface area contributed by atoms with Gasteiger partial charge in [-0.2, -0.15) is 5.10 Å². The summed E-state index contributed by atoms with van der Waals surface area (Å²) in [6.07, 6.45) is 0.614. The fraction of sp³-hybridized carbons (Fsp3) is 0. The molecule has 1 aromatic carbocycles. The van der Waals surface area contributed by atoms with E-state index in [-0.39, 0.29) is 11.5 Å². The summed E-state index contributed by atoms with van der Waals surface area (Å²) in [4.78, 5) is 21.6. The predicted molar refractivity (Wildman–Crippen MR) is 66.1 cm³/mol. The maximum absolute atomic E-state index is 11.0. The Labute approximate surface area is 106 Å². The average molecular weight is 256 g/mol. The number of H-pyrrole nitrogens is 1. The molecule has 2 N–H and O–H groups in total. The Morgan fingerprint density at radius 3 is 2.84 bits per heavy atom. The molecule has 2 aromatic heterocycles. The molecule has 0 amide bonds. The standard InChI is InChI=1S/C13H8N2O4/c16-6-8-2-4-11(19-8)7-1-3-10-9(5-7)12(13(17)18)15-14-10/h1-6H,(H,14,15)(H,17,18). The molecule has 3 aromatic rings. The van der Waals surface area contributed by atoms with Crippen LogP contribution in [-0.4, -0.2) is 27.6 Å². The van der Waals surface area contributed by atoms with Gasteiger partial charge in [-0.1, -0.05) is 0 Å². The van der Waals surface area contributed by atoms with Crippen LogP contribution in [0.3, 0.4) is 0 Å². The van der Waals surface area contributed by atoms with Crippen molar-refractivity contribution >= 4 is 23.2 Å². The molecule has 0 aliphatic carbocycles. The molecule has 6 nitrogen and oxygen atoms in total. The van der Waals surface area contributed by atoms with Gasteiger partial charge in [0.15, 0.2) is 17.7 Å². The van der Waals surface area contributed by atoms with Crippen LogP contribution in [0.15, 0.2) is 34.7 Å². The van der Waals surface area contributed by atoms with Crippen molar-refractivity contribution in [2.45, 2.75) is 0 Å². The number of carboxylic acids is 1. The van der Waals surface area contributed by atoms with Crippen LogP contribution in [0.5, 0.6) is 0 Å². The molecule has 0 atom stereocenters. The third kappa shape index (κ3) is 1.79. The maximum Gasteiger partial charge on any atom is 0.357 e. The molecule has 0 unspecified atom stereocenters. The number of fused-ring (bicyclic) bond motifs is 1. The molecule has 0 aliphatic rings. The summed E-state index contributed by atoms with van der Waals surface area (Å²) < 4.78 is 5.30. The van der Waals surface area contributed by atoms with E-state index in [0.717, 1.165) is 0 Å². The van der Waals surface area contributed by atoms with E-state index in [0.29, 0.717) is 28.5 Å². The van der Waals surface area contributed by atoms with Crippen LogP contribution in [0.2, 0.25) is 0 Å². The number of carbonyl (C=O) groups excluding carboxylic acids is 1. The SMILES string of the molecule is O=Cc1ccc(-c2ccc3[nH]nc(C(=O)O)c3c2)o1. The van der Waals surface area contributed by atoms with Gasteiger partial charge in [-0.3, -0.25) is 9.89 Å². The van der Waals surface area contributed by atoms with Crippen molar-refractivity contribution in [3.63, 3.8) is 0 Å².